The van der Waals surface area contributed by atoms with Crippen LogP contribution in [-0.4, -0.2) is 52.2 Å². The molecule has 0 unspecified atom stereocenters. The minimum atomic E-state index is -1.19. The Bertz CT molecular complexity index is 758. The lowest BCUT2D eigenvalue weighted by Gasteiger charge is -2.22. The van der Waals surface area contributed by atoms with Gasteiger partial charge in [-0.2, -0.15) is 0 Å². The normalized spacial score (nSPS) is 25.1. The quantitative estimate of drug-likeness (QED) is 0.679. The minimum absolute atomic E-state index is 0.163. The molecule has 0 spiro atoms. The van der Waals surface area contributed by atoms with Crippen LogP contribution in [0.5, 0.6) is 0 Å². The maximum Gasteiger partial charge on any atom is 0.416 e. The summed E-state index contributed by atoms with van der Waals surface area (Å²) < 4.78 is 11.2. The summed E-state index contributed by atoms with van der Waals surface area (Å²) in [4.78, 5) is 40.0. The van der Waals surface area contributed by atoms with Gasteiger partial charge in [-0.1, -0.05) is 28.1 Å². The van der Waals surface area contributed by atoms with E-state index in [0.29, 0.717) is 0 Å². The Morgan fingerprint density at radius 1 is 1.27 bits per heavy atom. The number of amides is 3. The van der Waals surface area contributed by atoms with Gasteiger partial charge in [0.1, 0.15) is 17.7 Å². The molecule has 2 aliphatic heterocycles. The zero-order valence-corrected chi connectivity index (χ0v) is 16.7. The molecule has 0 saturated carbocycles. The number of ether oxygens (including phenoxy) is 2. The molecule has 3 rings (SSSR count). The van der Waals surface area contributed by atoms with Gasteiger partial charge >= 0.3 is 12.2 Å². The fraction of sp³-hybridized carbons (Fsp3) is 0.500. The fourth-order valence-electron chi connectivity index (χ4n) is 3.18. The van der Waals surface area contributed by atoms with E-state index in [0.717, 1.165) is 14.9 Å². The van der Waals surface area contributed by atoms with Gasteiger partial charge in [0.2, 0.25) is 0 Å². The van der Waals surface area contributed by atoms with E-state index in [1.807, 2.05) is 24.3 Å². The van der Waals surface area contributed by atoms with E-state index >= 15 is 0 Å². The summed E-state index contributed by atoms with van der Waals surface area (Å²) in [5, 5.41) is 0. The lowest BCUT2D eigenvalue weighted by molar-refractivity contribution is -0.131. The molecule has 3 amide bonds. The number of carbonyl (C=O) groups excluding carboxylic acids is 3. The molecule has 0 bridgehead atoms. The van der Waals surface area contributed by atoms with Gasteiger partial charge in [0, 0.05) is 4.47 Å². The molecule has 7 nitrogen and oxygen atoms in total. The first-order valence-electron chi connectivity index (χ1n) is 8.32. The van der Waals surface area contributed by atoms with Crippen LogP contribution in [0.15, 0.2) is 28.7 Å². The molecular weight excluding hydrogens is 404 g/mol. The predicted octanol–water partition coefficient (Wildman–Crippen LogP) is 3.48. The van der Waals surface area contributed by atoms with E-state index in [1.54, 1.807) is 27.7 Å². The monoisotopic (exact) mass is 424 g/mol. The van der Waals surface area contributed by atoms with Crippen LogP contribution in [0.3, 0.4) is 0 Å². The average Bonchev–Trinajstić information content (AvgIpc) is 2.95. The highest BCUT2D eigenvalue weighted by atomic mass is 79.9. The third kappa shape index (κ3) is 3.18. The molecule has 2 saturated heterocycles. The number of hydrogen-bond donors (Lipinski definition) is 0. The lowest BCUT2D eigenvalue weighted by Crippen LogP contribution is -2.44. The van der Waals surface area contributed by atoms with Gasteiger partial charge in [-0.15, -0.1) is 0 Å². The maximum absolute atomic E-state index is 13.0. The SMILES string of the molecule is CC(C)(C)OC(=O)N1[C@H](c2ccc(Br)cc2)[C@@]1(C)C(=O)N1CCOC1=O. The molecule has 26 heavy (non-hydrogen) atoms. The summed E-state index contributed by atoms with van der Waals surface area (Å²) in [5.41, 5.74) is -1.09. The number of nitrogens with zero attached hydrogens (tertiary/aromatic N) is 2. The highest BCUT2D eigenvalue weighted by Gasteiger charge is 2.70. The second kappa shape index (κ2) is 6.26. The molecule has 2 fully saturated rings. The van der Waals surface area contributed by atoms with Crippen LogP contribution in [-0.2, 0) is 14.3 Å². The van der Waals surface area contributed by atoms with E-state index in [9.17, 15) is 14.4 Å². The van der Waals surface area contributed by atoms with Crippen LogP contribution >= 0.6 is 15.9 Å². The summed E-state index contributed by atoms with van der Waals surface area (Å²) in [6, 6.07) is 6.86. The van der Waals surface area contributed by atoms with Crippen LogP contribution in [0.25, 0.3) is 0 Å². The number of hydrogen-bond acceptors (Lipinski definition) is 5. The van der Waals surface area contributed by atoms with Crippen molar-refractivity contribution < 1.29 is 23.9 Å². The van der Waals surface area contributed by atoms with Crippen molar-refractivity contribution in [3.63, 3.8) is 0 Å². The zero-order chi connectivity index (χ0) is 19.3. The molecule has 8 heteroatoms. The van der Waals surface area contributed by atoms with Crippen molar-refractivity contribution in [2.45, 2.75) is 44.9 Å². The van der Waals surface area contributed by atoms with Crippen LogP contribution in [0, 0.1) is 0 Å². The van der Waals surface area contributed by atoms with Crippen molar-refractivity contribution in [2.24, 2.45) is 0 Å². The van der Waals surface area contributed by atoms with Crippen LogP contribution in [0.1, 0.15) is 39.3 Å². The van der Waals surface area contributed by atoms with E-state index in [4.69, 9.17) is 9.47 Å². The van der Waals surface area contributed by atoms with E-state index in [-0.39, 0.29) is 13.2 Å². The van der Waals surface area contributed by atoms with Crippen LogP contribution in [0.2, 0.25) is 0 Å². The number of cyclic esters (lactones) is 1. The number of benzene rings is 1. The molecule has 2 aliphatic rings. The largest absolute Gasteiger partial charge is 0.447 e. The van der Waals surface area contributed by atoms with Gasteiger partial charge in [0.25, 0.3) is 5.91 Å². The van der Waals surface area contributed by atoms with Crippen molar-refractivity contribution in [1.82, 2.24) is 9.80 Å². The standard InChI is InChI=1S/C18H21BrN2O5/c1-17(2,3)26-16(24)21-13(11-5-7-12(19)8-6-11)18(21,4)14(22)20-9-10-25-15(20)23/h5-8,13H,9-10H2,1-4H3/t13-,18+,21?/m1/s1. The van der Waals surface area contributed by atoms with Crippen molar-refractivity contribution >= 4 is 34.0 Å². The minimum Gasteiger partial charge on any atom is -0.447 e. The third-order valence-electron chi connectivity index (χ3n) is 4.44. The van der Waals surface area contributed by atoms with Gasteiger partial charge in [-0.25, -0.2) is 14.5 Å². The second-order valence-corrected chi connectivity index (χ2v) is 8.44. The molecule has 1 aromatic rings. The Labute approximate surface area is 160 Å². The van der Waals surface area contributed by atoms with Crippen molar-refractivity contribution in [2.75, 3.05) is 13.2 Å². The molecule has 140 valence electrons. The van der Waals surface area contributed by atoms with Crippen molar-refractivity contribution in [1.29, 1.82) is 0 Å². The summed E-state index contributed by atoms with van der Waals surface area (Å²) in [7, 11) is 0. The Hall–Kier alpha value is -2.09. The summed E-state index contributed by atoms with van der Waals surface area (Å²) in [6.45, 7) is 7.29. The Balaban J connectivity index is 1.93. The smallest absolute Gasteiger partial charge is 0.416 e. The first kappa shape index (κ1) is 18.7. The number of rotatable bonds is 2. The van der Waals surface area contributed by atoms with Crippen LogP contribution in [0.4, 0.5) is 9.59 Å². The molecule has 0 aromatic heterocycles. The first-order valence-corrected chi connectivity index (χ1v) is 9.11. The summed E-state index contributed by atoms with van der Waals surface area (Å²) in [5.74, 6) is -0.459. The third-order valence-corrected chi connectivity index (χ3v) is 4.97. The molecule has 2 heterocycles. The van der Waals surface area contributed by atoms with Crippen LogP contribution < -0.4 is 0 Å². The predicted molar refractivity (Wildman–Crippen MR) is 96.4 cm³/mol. The molecule has 2 atom stereocenters. The second-order valence-electron chi connectivity index (χ2n) is 7.52. The van der Waals surface area contributed by atoms with Gasteiger partial charge in [-0.05, 0) is 45.4 Å². The lowest BCUT2D eigenvalue weighted by atomic mass is 10.00. The zero-order valence-electron chi connectivity index (χ0n) is 15.1. The summed E-state index contributed by atoms with van der Waals surface area (Å²) >= 11 is 3.38. The Kier molecular flexibility index (Phi) is 4.50. The highest BCUT2D eigenvalue weighted by molar-refractivity contribution is 9.10. The van der Waals surface area contributed by atoms with Gasteiger partial charge in [-0.3, -0.25) is 9.69 Å². The Morgan fingerprint density at radius 2 is 1.88 bits per heavy atom. The molecular formula is C18H21BrN2O5. The number of imide groups is 1. The number of carbonyl (C=O) groups is 3. The number of halogens is 1. The van der Waals surface area contributed by atoms with Gasteiger partial charge in [0.15, 0.2) is 0 Å². The molecule has 0 N–H and O–H groups in total. The van der Waals surface area contributed by atoms with Crippen molar-refractivity contribution in [3.05, 3.63) is 34.3 Å². The van der Waals surface area contributed by atoms with Gasteiger partial charge < -0.3 is 9.47 Å². The van der Waals surface area contributed by atoms with Gasteiger partial charge in [0.05, 0.1) is 12.6 Å². The topological polar surface area (TPSA) is 75.9 Å². The fourth-order valence-corrected chi connectivity index (χ4v) is 3.45. The summed E-state index contributed by atoms with van der Waals surface area (Å²) in [6.07, 6.45) is -1.27. The molecule has 0 aliphatic carbocycles. The highest BCUT2D eigenvalue weighted by Crippen LogP contribution is 2.55. The van der Waals surface area contributed by atoms with Crippen molar-refractivity contribution in [3.8, 4) is 0 Å². The maximum atomic E-state index is 13.0. The Morgan fingerprint density at radius 3 is 2.38 bits per heavy atom. The average molecular weight is 425 g/mol. The molecule has 1 aromatic carbocycles. The van der Waals surface area contributed by atoms with E-state index in [1.165, 1.54) is 4.90 Å². The molecule has 0 radical (unpaired) electrons. The first-order chi connectivity index (χ1) is 12.1. The van der Waals surface area contributed by atoms with E-state index in [2.05, 4.69) is 15.9 Å². The van der Waals surface area contributed by atoms with E-state index < -0.39 is 35.3 Å².